The van der Waals surface area contributed by atoms with Gasteiger partial charge < -0.3 is 20.0 Å². The summed E-state index contributed by atoms with van der Waals surface area (Å²) < 4.78 is 0. The summed E-state index contributed by atoms with van der Waals surface area (Å²) >= 11 is 0. The highest BCUT2D eigenvalue weighted by atomic mass is 16.3. The fraction of sp³-hybridized carbons (Fsp3) is 1.00. The quantitative estimate of drug-likeness (QED) is 0.295. The van der Waals surface area contributed by atoms with Gasteiger partial charge in [-0.2, -0.15) is 0 Å². The van der Waals surface area contributed by atoms with Crippen LogP contribution in [0.5, 0.6) is 0 Å². The molecule has 2 N–H and O–H groups in total. The number of aliphatic hydroxyl groups excluding tert-OH is 2. The molecule has 0 aromatic rings. The Balaban J connectivity index is 3.63. The van der Waals surface area contributed by atoms with Crippen LogP contribution < -0.4 is 0 Å². The maximum absolute atomic E-state index is 8.79. The molecule has 0 bridgehead atoms. The maximum atomic E-state index is 8.79. The molecule has 0 atom stereocenters. The fourth-order valence-corrected chi connectivity index (χ4v) is 3.45. The van der Waals surface area contributed by atoms with Crippen molar-refractivity contribution in [2.75, 3.05) is 52.5 Å². The minimum atomic E-state index is 0.348. The second-order valence-corrected chi connectivity index (χ2v) is 7.56. The van der Waals surface area contributed by atoms with Crippen molar-refractivity contribution in [3.63, 3.8) is 0 Å². The van der Waals surface area contributed by atoms with Crippen molar-refractivity contribution >= 4 is 0 Å². The Morgan fingerprint density at radius 3 is 1.04 bits per heavy atom. The molecule has 0 aliphatic heterocycles. The summed E-state index contributed by atoms with van der Waals surface area (Å²) in [6, 6.07) is 0. The highest BCUT2D eigenvalue weighted by Crippen LogP contribution is 2.08. The number of aliphatic hydroxyl groups is 2. The first-order chi connectivity index (χ1) is 12.8. The smallest absolute Gasteiger partial charge is 0.0431 e. The molecule has 0 amide bonds. The molecule has 4 heteroatoms. The van der Waals surface area contributed by atoms with Crippen molar-refractivity contribution in [1.29, 1.82) is 0 Å². The van der Waals surface area contributed by atoms with Crippen LogP contribution in [-0.4, -0.2) is 72.5 Å². The van der Waals surface area contributed by atoms with E-state index in [0.29, 0.717) is 13.2 Å². The van der Waals surface area contributed by atoms with Gasteiger partial charge in [0.1, 0.15) is 0 Å². The second kappa shape index (κ2) is 21.1. The molecule has 0 spiro atoms. The van der Waals surface area contributed by atoms with Crippen molar-refractivity contribution in [2.45, 2.75) is 90.9 Å². The molecule has 0 aromatic heterocycles. The van der Waals surface area contributed by atoms with Gasteiger partial charge in [-0.25, -0.2) is 0 Å². The van der Waals surface area contributed by atoms with Crippen LogP contribution in [0.25, 0.3) is 0 Å². The Labute approximate surface area is 164 Å². The monoisotopic (exact) mass is 372 g/mol. The lowest BCUT2D eigenvalue weighted by Gasteiger charge is -2.26. The molecule has 0 aliphatic rings. The van der Waals surface area contributed by atoms with Crippen LogP contribution >= 0.6 is 0 Å². The number of likely N-dealkylation sites (N-methyl/N-ethyl adjacent to an activating group) is 2. The first kappa shape index (κ1) is 25.8. The molecule has 0 saturated heterocycles. The van der Waals surface area contributed by atoms with Crippen LogP contribution in [0.15, 0.2) is 0 Å². The molecule has 158 valence electrons. The van der Waals surface area contributed by atoms with Crippen molar-refractivity contribution in [1.82, 2.24) is 9.80 Å². The van der Waals surface area contributed by atoms with Gasteiger partial charge in [0.2, 0.25) is 0 Å². The molecule has 4 nitrogen and oxygen atoms in total. The van der Waals surface area contributed by atoms with Crippen LogP contribution in [0.3, 0.4) is 0 Å². The number of unbranched alkanes of at least 4 members (excludes halogenated alkanes) is 10. The molecule has 0 fully saturated rings. The van der Waals surface area contributed by atoms with Gasteiger partial charge in [0.05, 0.1) is 0 Å². The van der Waals surface area contributed by atoms with Gasteiger partial charge in [-0.15, -0.1) is 0 Å². The van der Waals surface area contributed by atoms with Crippen LogP contribution in [0.4, 0.5) is 0 Å². The third kappa shape index (κ3) is 17.3. The highest BCUT2D eigenvalue weighted by molar-refractivity contribution is 4.62. The zero-order valence-corrected chi connectivity index (χ0v) is 17.9. The van der Waals surface area contributed by atoms with Gasteiger partial charge in [0, 0.05) is 26.3 Å². The zero-order chi connectivity index (χ0) is 19.3. The summed E-state index contributed by atoms with van der Waals surface area (Å²) in [6.07, 6.45) is 14.8. The molecule has 26 heavy (non-hydrogen) atoms. The van der Waals surface area contributed by atoms with E-state index in [2.05, 4.69) is 23.6 Å². The largest absolute Gasteiger partial charge is 0.396 e. The zero-order valence-electron chi connectivity index (χ0n) is 17.9. The van der Waals surface area contributed by atoms with E-state index < -0.39 is 0 Å². The lowest BCUT2D eigenvalue weighted by Crippen LogP contribution is -2.36. The van der Waals surface area contributed by atoms with Crippen LogP contribution in [0.1, 0.15) is 90.9 Å². The molecular weight excluding hydrogens is 324 g/mol. The van der Waals surface area contributed by atoms with E-state index in [0.717, 1.165) is 25.9 Å². The minimum absolute atomic E-state index is 0.348. The molecule has 0 rings (SSSR count). The molecule has 0 aromatic carbocycles. The molecule has 0 unspecified atom stereocenters. The van der Waals surface area contributed by atoms with Gasteiger partial charge in [-0.05, 0) is 51.9 Å². The average Bonchev–Trinajstić information content (AvgIpc) is 2.67. The first-order valence-corrected chi connectivity index (χ1v) is 11.4. The molecular formula is C22H48N2O2. The van der Waals surface area contributed by atoms with Gasteiger partial charge in [0.15, 0.2) is 0 Å². The first-order valence-electron chi connectivity index (χ1n) is 11.4. The molecule has 0 aliphatic carbocycles. The number of hydrogen-bond acceptors (Lipinski definition) is 4. The van der Waals surface area contributed by atoms with Gasteiger partial charge in [-0.1, -0.05) is 65.2 Å². The normalized spacial score (nSPS) is 11.8. The predicted molar refractivity (Wildman–Crippen MR) is 114 cm³/mol. The molecule has 0 heterocycles. The Hall–Kier alpha value is -0.160. The summed E-state index contributed by atoms with van der Waals surface area (Å²) in [5, 5.41) is 17.6. The lowest BCUT2D eigenvalue weighted by molar-refractivity contribution is 0.209. The van der Waals surface area contributed by atoms with Crippen LogP contribution in [0.2, 0.25) is 0 Å². The third-order valence-corrected chi connectivity index (χ3v) is 5.39. The SMILES string of the molecule is CCN(CCCCCCCCO)CCN(CC)CCCCCCCCO. The molecule has 0 radical (unpaired) electrons. The number of nitrogens with zero attached hydrogens (tertiary/aromatic N) is 2. The van der Waals surface area contributed by atoms with Gasteiger partial charge >= 0.3 is 0 Å². The number of hydrogen-bond donors (Lipinski definition) is 2. The van der Waals surface area contributed by atoms with E-state index in [9.17, 15) is 0 Å². The van der Waals surface area contributed by atoms with Crippen molar-refractivity contribution < 1.29 is 10.2 Å². The molecule has 0 saturated carbocycles. The van der Waals surface area contributed by atoms with Gasteiger partial charge in [0.25, 0.3) is 0 Å². The van der Waals surface area contributed by atoms with Crippen molar-refractivity contribution in [3.05, 3.63) is 0 Å². The van der Waals surface area contributed by atoms with Crippen LogP contribution in [-0.2, 0) is 0 Å². The predicted octanol–water partition coefficient (Wildman–Crippen LogP) is 4.30. The minimum Gasteiger partial charge on any atom is -0.396 e. The Morgan fingerprint density at radius 1 is 0.423 bits per heavy atom. The Kier molecular flexibility index (Phi) is 21.0. The van der Waals surface area contributed by atoms with E-state index in [4.69, 9.17) is 10.2 Å². The van der Waals surface area contributed by atoms with Crippen molar-refractivity contribution in [3.8, 4) is 0 Å². The van der Waals surface area contributed by atoms with Gasteiger partial charge in [-0.3, -0.25) is 0 Å². The summed E-state index contributed by atoms with van der Waals surface area (Å²) in [5.74, 6) is 0. The number of rotatable bonds is 21. The van der Waals surface area contributed by atoms with Crippen molar-refractivity contribution in [2.24, 2.45) is 0 Å². The summed E-state index contributed by atoms with van der Waals surface area (Å²) in [7, 11) is 0. The topological polar surface area (TPSA) is 46.9 Å². The summed E-state index contributed by atoms with van der Waals surface area (Å²) in [4.78, 5) is 5.20. The van der Waals surface area contributed by atoms with E-state index in [1.807, 2.05) is 0 Å². The summed E-state index contributed by atoms with van der Waals surface area (Å²) in [6.45, 7) is 12.4. The Bertz CT molecular complexity index is 239. The maximum Gasteiger partial charge on any atom is 0.0431 e. The highest BCUT2D eigenvalue weighted by Gasteiger charge is 2.06. The standard InChI is InChI=1S/C22H48N2O2/c1-3-23(17-13-9-5-7-11-15-21-25)19-20-24(4-2)18-14-10-6-8-12-16-22-26/h25-26H,3-22H2,1-2H3. The Morgan fingerprint density at radius 2 is 0.731 bits per heavy atom. The fourth-order valence-electron chi connectivity index (χ4n) is 3.45. The van der Waals surface area contributed by atoms with E-state index in [1.165, 1.54) is 90.4 Å². The lowest BCUT2D eigenvalue weighted by atomic mass is 10.1. The van der Waals surface area contributed by atoms with E-state index >= 15 is 0 Å². The van der Waals surface area contributed by atoms with E-state index in [-0.39, 0.29) is 0 Å². The summed E-state index contributed by atoms with van der Waals surface area (Å²) in [5.41, 5.74) is 0. The van der Waals surface area contributed by atoms with E-state index in [1.54, 1.807) is 0 Å². The second-order valence-electron chi connectivity index (χ2n) is 7.56. The third-order valence-electron chi connectivity index (χ3n) is 5.39. The average molecular weight is 373 g/mol. The van der Waals surface area contributed by atoms with Crippen LogP contribution in [0, 0.1) is 0 Å².